The summed E-state index contributed by atoms with van der Waals surface area (Å²) in [5.74, 6) is 1.38. The standard InChI is InChI=1S/C18H24N4S/c1-15(2)17-19-18(23-20-17)22-13-11-21(12-14-22)10-6-9-16-7-4-3-5-8-16/h3-9,15H,10-14H2,1-2H3/b9-6+. The van der Waals surface area contributed by atoms with Crippen LogP contribution in [0.2, 0.25) is 0 Å². The molecule has 0 radical (unpaired) electrons. The Bertz CT molecular complexity index is 627. The van der Waals surface area contributed by atoms with E-state index in [1.807, 2.05) is 0 Å². The van der Waals surface area contributed by atoms with Gasteiger partial charge in [-0.05, 0) is 5.56 Å². The van der Waals surface area contributed by atoms with E-state index in [1.54, 1.807) is 0 Å². The number of anilines is 1. The number of benzene rings is 1. The van der Waals surface area contributed by atoms with Gasteiger partial charge in [-0.3, -0.25) is 4.90 Å². The molecule has 2 aromatic rings. The largest absolute Gasteiger partial charge is 0.344 e. The maximum absolute atomic E-state index is 4.66. The third-order valence-corrected chi connectivity index (χ3v) is 4.85. The molecule has 1 aromatic carbocycles. The van der Waals surface area contributed by atoms with E-state index in [-0.39, 0.29) is 0 Å². The van der Waals surface area contributed by atoms with E-state index < -0.39 is 0 Å². The van der Waals surface area contributed by atoms with Crippen LogP contribution in [0.4, 0.5) is 5.13 Å². The first kappa shape index (κ1) is 16.1. The summed E-state index contributed by atoms with van der Waals surface area (Å²) >= 11 is 1.53. The zero-order valence-electron chi connectivity index (χ0n) is 13.9. The van der Waals surface area contributed by atoms with Crippen molar-refractivity contribution < 1.29 is 0 Å². The summed E-state index contributed by atoms with van der Waals surface area (Å²) in [5.41, 5.74) is 1.27. The summed E-state index contributed by atoms with van der Waals surface area (Å²) in [5, 5.41) is 1.08. The van der Waals surface area contributed by atoms with Crippen LogP contribution in [0.25, 0.3) is 6.08 Å². The van der Waals surface area contributed by atoms with Crippen LogP contribution >= 0.6 is 11.5 Å². The van der Waals surface area contributed by atoms with Gasteiger partial charge in [0, 0.05) is 50.2 Å². The Hall–Kier alpha value is -1.72. The average molecular weight is 328 g/mol. The number of rotatable bonds is 5. The van der Waals surface area contributed by atoms with Crippen molar-refractivity contribution in [2.45, 2.75) is 19.8 Å². The van der Waals surface area contributed by atoms with Crippen molar-refractivity contribution >= 4 is 22.7 Å². The van der Waals surface area contributed by atoms with E-state index in [4.69, 9.17) is 0 Å². The molecular formula is C18H24N4S. The molecule has 23 heavy (non-hydrogen) atoms. The summed E-state index contributed by atoms with van der Waals surface area (Å²) in [6, 6.07) is 10.5. The first-order valence-electron chi connectivity index (χ1n) is 8.25. The van der Waals surface area contributed by atoms with Crippen LogP contribution in [-0.4, -0.2) is 47.0 Å². The number of piperazine rings is 1. The number of hydrogen-bond donors (Lipinski definition) is 0. The Morgan fingerprint density at radius 1 is 1.13 bits per heavy atom. The topological polar surface area (TPSA) is 32.3 Å². The molecule has 0 saturated carbocycles. The van der Waals surface area contributed by atoms with Gasteiger partial charge in [-0.1, -0.05) is 56.3 Å². The SMILES string of the molecule is CC(C)c1nsc(N2CCN(C/C=C/c3ccccc3)CC2)n1. The lowest BCUT2D eigenvalue weighted by Crippen LogP contribution is -2.46. The first-order chi connectivity index (χ1) is 11.2. The molecule has 1 fully saturated rings. The highest BCUT2D eigenvalue weighted by Crippen LogP contribution is 2.22. The molecule has 0 aliphatic carbocycles. The number of nitrogens with zero attached hydrogens (tertiary/aromatic N) is 4. The predicted octanol–water partition coefficient (Wildman–Crippen LogP) is 3.50. The van der Waals surface area contributed by atoms with Gasteiger partial charge in [0.05, 0.1) is 0 Å². The summed E-state index contributed by atoms with van der Waals surface area (Å²) in [6.45, 7) is 9.52. The lowest BCUT2D eigenvalue weighted by molar-refractivity contribution is 0.284. The van der Waals surface area contributed by atoms with Crippen molar-refractivity contribution in [3.63, 3.8) is 0 Å². The molecule has 4 nitrogen and oxygen atoms in total. The van der Waals surface area contributed by atoms with Crippen molar-refractivity contribution in [1.82, 2.24) is 14.3 Å². The molecule has 5 heteroatoms. The molecule has 2 heterocycles. The number of hydrogen-bond acceptors (Lipinski definition) is 5. The third kappa shape index (κ3) is 4.39. The minimum Gasteiger partial charge on any atom is -0.344 e. The second-order valence-corrected chi connectivity index (χ2v) is 6.92. The highest BCUT2D eigenvalue weighted by molar-refractivity contribution is 7.09. The van der Waals surface area contributed by atoms with Crippen LogP contribution in [0.3, 0.4) is 0 Å². The Balaban J connectivity index is 1.47. The molecular weight excluding hydrogens is 304 g/mol. The number of aromatic nitrogens is 2. The molecule has 3 rings (SSSR count). The molecule has 1 aromatic heterocycles. The van der Waals surface area contributed by atoms with Gasteiger partial charge in [0.2, 0.25) is 5.13 Å². The highest BCUT2D eigenvalue weighted by Gasteiger charge is 2.19. The van der Waals surface area contributed by atoms with E-state index in [9.17, 15) is 0 Å². The van der Waals surface area contributed by atoms with Gasteiger partial charge in [-0.15, -0.1) is 0 Å². The summed E-state index contributed by atoms with van der Waals surface area (Å²) in [4.78, 5) is 9.51. The Labute approximate surface area is 142 Å². The lowest BCUT2D eigenvalue weighted by Gasteiger charge is -2.33. The average Bonchev–Trinajstić information content (AvgIpc) is 3.07. The van der Waals surface area contributed by atoms with E-state index in [2.05, 4.69) is 75.5 Å². The van der Waals surface area contributed by atoms with Crippen molar-refractivity contribution in [2.75, 3.05) is 37.6 Å². The zero-order valence-corrected chi connectivity index (χ0v) is 14.7. The fraction of sp³-hybridized carbons (Fsp3) is 0.444. The van der Waals surface area contributed by atoms with Crippen molar-refractivity contribution in [2.24, 2.45) is 0 Å². The second kappa shape index (κ2) is 7.70. The van der Waals surface area contributed by atoms with Gasteiger partial charge < -0.3 is 4.90 Å². The van der Waals surface area contributed by atoms with Crippen molar-refractivity contribution in [3.05, 3.63) is 47.8 Å². The van der Waals surface area contributed by atoms with E-state index >= 15 is 0 Å². The van der Waals surface area contributed by atoms with Crippen molar-refractivity contribution in [1.29, 1.82) is 0 Å². The third-order valence-electron chi connectivity index (χ3n) is 4.06. The highest BCUT2D eigenvalue weighted by atomic mass is 32.1. The minimum atomic E-state index is 0.407. The molecule has 0 atom stereocenters. The van der Waals surface area contributed by atoms with Crippen LogP contribution in [0.1, 0.15) is 31.2 Å². The van der Waals surface area contributed by atoms with Crippen molar-refractivity contribution in [3.8, 4) is 0 Å². The summed E-state index contributed by atoms with van der Waals surface area (Å²) < 4.78 is 4.46. The van der Waals surface area contributed by atoms with Crippen LogP contribution < -0.4 is 4.90 Å². The molecule has 0 amide bonds. The molecule has 0 unspecified atom stereocenters. The molecule has 0 N–H and O–H groups in total. The molecule has 1 aliphatic rings. The monoisotopic (exact) mass is 328 g/mol. The van der Waals surface area contributed by atoms with Crippen LogP contribution in [0.15, 0.2) is 36.4 Å². The zero-order chi connectivity index (χ0) is 16.1. The Morgan fingerprint density at radius 3 is 2.52 bits per heavy atom. The minimum absolute atomic E-state index is 0.407. The quantitative estimate of drug-likeness (QED) is 0.841. The molecule has 1 aliphatic heterocycles. The van der Waals surface area contributed by atoms with E-state index in [0.29, 0.717) is 5.92 Å². The molecule has 1 saturated heterocycles. The van der Waals surface area contributed by atoms with E-state index in [1.165, 1.54) is 17.1 Å². The van der Waals surface area contributed by atoms with Crippen LogP contribution in [0.5, 0.6) is 0 Å². The predicted molar refractivity (Wildman–Crippen MR) is 98.1 cm³/mol. The van der Waals surface area contributed by atoms with Crippen LogP contribution in [-0.2, 0) is 0 Å². The van der Waals surface area contributed by atoms with E-state index in [0.717, 1.165) is 43.7 Å². The smallest absolute Gasteiger partial charge is 0.205 e. The fourth-order valence-corrected chi connectivity index (χ4v) is 3.47. The van der Waals surface area contributed by atoms with Gasteiger partial charge in [-0.25, -0.2) is 4.98 Å². The van der Waals surface area contributed by atoms with Gasteiger partial charge in [0.15, 0.2) is 0 Å². The molecule has 0 spiro atoms. The maximum Gasteiger partial charge on any atom is 0.205 e. The fourth-order valence-electron chi connectivity index (χ4n) is 2.61. The Morgan fingerprint density at radius 2 is 1.87 bits per heavy atom. The lowest BCUT2D eigenvalue weighted by atomic mass is 10.2. The normalized spacial score (nSPS) is 16.6. The summed E-state index contributed by atoms with van der Waals surface area (Å²) in [7, 11) is 0. The maximum atomic E-state index is 4.66. The van der Waals surface area contributed by atoms with Gasteiger partial charge in [0.1, 0.15) is 5.82 Å². The molecule has 0 bridgehead atoms. The summed E-state index contributed by atoms with van der Waals surface area (Å²) in [6.07, 6.45) is 4.46. The van der Waals surface area contributed by atoms with Gasteiger partial charge >= 0.3 is 0 Å². The Kier molecular flexibility index (Phi) is 5.41. The molecule has 122 valence electrons. The second-order valence-electron chi connectivity index (χ2n) is 6.19. The van der Waals surface area contributed by atoms with Crippen LogP contribution in [0, 0.1) is 0 Å². The van der Waals surface area contributed by atoms with Gasteiger partial charge in [-0.2, -0.15) is 4.37 Å². The first-order valence-corrected chi connectivity index (χ1v) is 9.02. The van der Waals surface area contributed by atoms with Gasteiger partial charge in [0.25, 0.3) is 0 Å².